The molecule has 0 spiro atoms. The smallest absolute Gasteiger partial charge is 0.0748 e. The molecule has 1 nitrogen and oxygen atoms in total. The average molecular weight is 425 g/mol. The van der Waals surface area contributed by atoms with Crippen molar-refractivity contribution in [1.82, 2.24) is 0 Å². The molecule has 182 valence electrons. The fourth-order valence-corrected chi connectivity index (χ4v) is 6.68. The van der Waals surface area contributed by atoms with Crippen molar-refractivity contribution in [3.8, 4) is 0 Å². The molecule has 0 rings (SSSR count). The van der Waals surface area contributed by atoms with Gasteiger partial charge in [-0.05, 0) is 36.5 Å². The second-order valence-corrected chi connectivity index (χ2v) is 12.0. The summed E-state index contributed by atoms with van der Waals surface area (Å²) < 4.78 is 7.10. The summed E-state index contributed by atoms with van der Waals surface area (Å²) in [7, 11) is 0. The molecule has 0 bridgehead atoms. The maximum atomic E-state index is 7.10. The number of unbranched alkanes of at least 4 members (excludes halogenated alkanes) is 7. The van der Waals surface area contributed by atoms with Gasteiger partial charge in [0.05, 0.1) is 5.60 Å². The van der Waals surface area contributed by atoms with Crippen molar-refractivity contribution in [3.05, 3.63) is 0 Å². The van der Waals surface area contributed by atoms with Crippen molar-refractivity contribution in [2.24, 2.45) is 16.2 Å². The lowest BCUT2D eigenvalue weighted by Gasteiger charge is -2.64. The Morgan fingerprint density at radius 2 is 0.900 bits per heavy atom. The summed E-state index contributed by atoms with van der Waals surface area (Å²) in [6, 6.07) is 0. The van der Waals surface area contributed by atoms with Crippen LogP contribution < -0.4 is 0 Å². The van der Waals surface area contributed by atoms with Crippen molar-refractivity contribution in [2.75, 3.05) is 6.61 Å². The average Bonchev–Trinajstić information content (AvgIpc) is 2.65. The highest BCUT2D eigenvalue weighted by Crippen LogP contribution is 2.64. The summed E-state index contributed by atoms with van der Waals surface area (Å²) in [4.78, 5) is 0. The van der Waals surface area contributed by atoms with E-state index in [0.717, 1.165) is 13.0 Å². The maximum Gasteiger partial charge on any atom is 0.0748 e. The molecular weight excluding hydrogens is 364 g/mol. The van der Waals surface area contributed by atoms with E-state index in [1.807, 2.05) is 0 Å². The molecule has 0 saturated heterocycles. The molecule has 0 aliphatic heterocycles. The van der Waals surface area contributed by atoms with E-state index in [0.29, 0.717) is 0 Å². The van der Waals surface area contributed by atoms with Gasteiger partial charge in [-0.2, -0.15) is 0 Å². The topological polar surface area (TPSA) is 9.23 Å². The van der Waals surface area contributed by atoms with Crippen LogP contribution in [0.25, 0.3) is 0 Å². The zero-order chi connectivity index (χ0) is 23.3. The van der Waals surface area contributed by atoms with Crippen LogP contribution >= 0.6 is 0 Å². The Morgan fingerprint density at radius 3 is 1.30 bits per heavy atom. The van der Waals surface area contributed by atoms with Crippen LogP contribution in [0.2, 0.25) is 0 Å². The molecule has 1 heteroatoms. The summed E-state index contributed by atoms with van der Waals surface area (Å²) in [5.74, 6) is 0. The third kappa shape index (κ3) is 7.83. The minimum absolute atomic E-state index is 0.0189. The molecule has 0 N–H and O–H groups in total. The predicted octanol–water partition coefficient (Wildman–Crippen LogP) is 10.4. The lowest BCUT2D eigenvalue weighted by atomic mass is 9.44. The Hall–Kier alpha value is -0.0400. The Bertz CT molecular complexity index is 373. The van der Waals surface area contributed by atoms with Crippen LogP contribution in [0.4, 0.5) is 0 Å². The van der Waals surface area contributed by atoms with Crippen LogP contribution in [-0.4, -0.2) is 12.2 Å². The van der Waals surface area contributed by atoms with Crippen LogP contribution in [0.1, 0.15) is 159 Å². The quantitative estimate of drug-likeness (QED) is 0.211. The van der Waals surface area contributed by atoms with E-state index in [1.54, 1.807) is 0 Å². The number of rotatable bonds is 17. The molecular formula is C29H60O. The summed E-state index contributed by atoms with van der Waals surface area (Å²) in [6.45, 7) is 25.2. The Balaban J connectivity index is 6.26. The molecule has 0 saturated carbocycles. The number of hydrogen-bond acceptors (Lipinski definition) is 1. The SMILES string of the molecule is CCCCCCCCC(C(C)(C)C)(C(C)(C)C)C(CCCC)(CCCC)OCCC. The van der Waals surface area contributed by atoms with Gasteiger partial charge in [-0.15, -0.1) is 0 Å². The van der Waals surface area contributed by atoms with Crippen molar-refractivity contribution in [2.45, 2.75) is 165 Å². The number of hydrogen-bond donors (Lipinski definition) is 0. The van der Waals surface area contributed by atoms with Crippen molar-refractivity contribution >= 4 is 0 Å². The van der Waals surface area contributed by atoms with E-state index in [-0.39, 0.29) is 21.8 Å². The molecule has 0 aliphatic rings. The van der Waals surface area contributed by atoms with Crippen molar-refractivity contribution in [1.29, 1.82) is 0 Å². The second-order valence-electron chi connectivity index (χ2n) is 12.0. The highest BCUT2D eigenvalue weighted by Gasteiger charge is 2.62. The summed E-state index contributed by atoms with van der Waals surface area (Å²) in [5.41, 5.74) is 0.542. The Kier molecular flexibility index (Phi) is 14.2. The van der Waals surface area contributed by atoms with Gasteiger partial charge in [0, 0.05) is 12.0 Å². The van der Waals surface area contributed by atoms with Crippen LogP contribution in [0.15, 0.2) is 0 Å². The lowest BCUT2D eigenvalue weighted by molar-refractivity contribution is -0.236. The third-order valence-electron chi connectivity index (χ3n) is 7.69. The van der Waals surface area contributed by atoms with E-state index in [9.17, 15) is 0 Å². The highest BCUT2D eigenvalue weighted by molar-refractivity contribution is 5.11. The largest absolute Gasteiger partial charge is 0.374 e. The van der Waals surface area contributed by atoms with E-state index >= 15 is 0 Å². The second kappa shape index (κ2) is 14.2. The fraction of sp³-hybridized carbons (Fsp3) is 1.00. The van der Waals surface area contributed by atoms with Gasteiger partial charge >= 0.3 is 0 Å². The standard InChI is InChI=1S/C29H60O/c1-11-15-18-19-20-21-24-29(26(5,6)7,27(8,9)10)28(22-16-12-2,23-17-13-3)30-25-14-4/h11-25H2,1-10H3. The van der Waals surface area contributed by atoms with E-state index in [1.165, 1.54) is 83.5 Å². The first-order valence-electron chi connectivity index (χ1n) is 13.6. The summed E-state index contributed by atoms with van der Waals surface area (Å²) >= 11 is 0. The first-order valence-corrected chi connectivity index (χ1v) is 13.6. The van der Waals surface area contributed by atoms with Crippen molar-refractivity contribution < 1.29 is 4.74 Å². The van der Waals surface area contributed by atoms with E-state index in [2.05, 4.69) is 69.2 Å². The Labute approximate surface area is 192 Å². The van der Waals surface area contributed by atoms with Gasteiger partial charge in [0.15, 0.2) is 0 Å². The molecule has 0 aromatic rings. The minimum Gasteiger partial charge on any atom is -0.374 e. The molecule has 30 heavy (non-hydrogen) atoms. The molecule has 0 radical (unpaired) electrons. The van der Waals surface area contributed by atoms with Gasteiger partial charge in [0.2, 0.25) is 0 Å². The van der Waals surface area contributed by atoms with Gasteiger partial charge in [-0.3, -0.25) is 0 Å². The van der Waals surface area contributed by atoms with Crippen LogP contribution in [0.5, 0.6) is 0 Å². The summed E-state index contributed by atoms with van der Waals surface area (Å²) in [5, 5.41) is 0. The molecule has 0 aliphatic carbocycles. The zero-order valence-electron chi connectivity index (χ0n) is 23.0. The number of ether oxygens (including phenoxy) is 1. The third-order valence-corrected chi connectivity index (χ3v) is 7.69. The molecule has 0 heterocycles. The van der Waals surface area contributed by atoms with Gasteiger partial charge in [0.25, 0.3) is 0 Å². The molecule has 0 aromatic heterocycles. The van der Waals surface area contributed by atoms with Gasteiger partial charge in [-0.1, -0.05) is 133 Å². The monoisotopic (exact) mass is 424 g/mol. The summed E-state index contributed by atoms with van der Waals surface area (Å²) in [6.07, 6.45) is 18.1. The molecule has 0 unspecified atom stereocenters. The van der Waals surface area contributed by atoms with Gasteiger partial charge in [0.1, 0.15) is 0 Å². The van der Waals surface area contributed by atoms with Gasteiger partial charge in [-0.25, -0.2) is 0 Å². The fourth-order valence-electron chi connectivity index (χ4n) is 6.68. The van der Waals surface area contributed by atoms with E-state index in [4.69, 9.17) is 4.74 Å². The van der Waals surface area contributed by atoms with Crippen LogP contribution in [0, 0.1) is 16.2 Å². The molecule has 0 aromatic carbocycles. The predicted molar refractivity (Wildman–Crippen MR) is 137 cm³/mol. The van der Waals surface area contributed by atoms with Gasteiger partial charge < -0.3 is 4.74 Å². The maximum absolute atomic E-state index is 7.10. The first kappa shape index (κ1) is 30.0. The van der Waals surface area contributed by atoms with Crippen LogP contribution in [-0.2, 0) is 4.74 Å². The molecule has 0 atom stereocenters. The highest BCUT2D eigenvalue weighted by atomic mass is 16.5. The van der Waals surface area contributed by atoms with Crippen LogP contribution in [0.3, 0.4) is 0 Å². The first-order chi connectivity index (χ1) is 14.0. The lowest BCUT2D eigenvalue weighted by Crippen LogP contribution is -2.63. The molecule has 0 fully saturated rings. The molecule has 0 amide bonds. The van der Waals surface area contributed by atoms with E-state index < -0.39 is 0 Å². The normalized spacial score (nSPS) is 13.8. The van der Waals surface area contributed by atoms with Crippen molar-refractivity contribution in [3.63, 3.8) is 0 Å². The Morgan fingerprint density at radius 1 is 0.467 bits per heavy atom. The minimum atomic E-state index is -0.0189. The zero-order valence-corrected chi connectivity index (χ0v) is 23.0.